The lowest BCUT2D eigenvalue weighted by Gasteiger charge is -2.09. The number of nitrogens with zero attached hydrogens (tertiary/aromatic N) is 3. The molecule has 1 aromatic heterocycles. The molecule has 6 N–H and O–H groups in total. The van der Waals surface area contributed by atoms with E-state index in [1.165, 1.54) is 4.68 Å². The van der Waals surface area contributed by atoms with E-state index in [0.717, 1.165) is 11.1 Å². The summed E-state index contributed by atoms with van der Waals surface area (Å²) in [6.45, 7) is 5.72. The lowest BCUT2D eigenvalue weighted by Crippen LogP contribution is -2.34. The molecule has 0 saturated heterocycles. The number of phenols is 1. The Hall–Kier alpha value is -4.70. The second-order valence-corrected chi connectivity index (χ2v) is 8.05. The zero-order valence-corrected chi connectivity index (χ0v) is 19.5. The largest absolute Gasteiger partial charge is 0.505 e. The molecule has 0 fully saturated rings. The number of benzene rings is 3. The van der Waals surface area contributed by atoms with Gasteiger partial charge in [-0.2, -0.15) is 0 Å². The van der Waals surface area contributed by atoms with Crippen molar-refractivity contribution in [2.24, 2.45) is 16.1 Å². The van der Waals surface area contributed by atoms with Crippen molar-refractivity contribution in [1.82, 2.24) is 15.2 Å². The summed E-state index contributed by atoms with van der Waals surface area (Å²) in [5.74, 6) is 5.00. The lowest BCUT2D eigenvalue weighted by atomic mass is 10.0. The molecule has 10 heteroatoms. The summed E-state index contributed by atoms with van der Waals surface area (Å²) in [6.07, 6.45) is 0. The van der Waals surface area contributed by atoms with Gasteiger partial charge in [-0.25, -0.2) is 15.3 Å². The van der Waals surface area contributed by atoms with Crippen LogP contribution in [0.1, 0.15) is 16.8 Å². The summed E-state index contributed by atoms with van der Waals surface area (Å²) in [6, 6.07) is 17.1. The molecule has 0 aliphatic carbocycles. The van der Waals surface area contributed by atoms with Crippen LogP contribution in [0, 0.1) is 20.8 Å². The average molecular weight is 472 g/mol. The summed E-state index contributed by atoms with van der Waals surface area (Å²) in [5, 5.41) is 24.8. The number of aromatic amines is 1. The van der Waals surface area contributed by atoms with Gasteiger partial charge in [-0.05, 0) is 67.8 Å². The summed E-state index contributed by atoms with van der Waals surface area (Å²) in [7, 11) is 0. The number of aromatic nitrogens is 2. The van der Waals surface area contributed by atoms with E-state index in [1.807, 2.05) is 37.5 Å². The fourth-order valence-electron chi connectivity index (χ4n) is 3.58. The fraction of sp³-hybridized carbons (Fsp3) is 0.120. The van der Waals surface area contributed by atoms with Crippen LogP contribution in [0.3, 0.4) is 0 Å². The predicted octanol–water partition coefficient (Wildman–Crippen LogP) is 4.87. The highest BCUT2D eigenvalue weighted by molar-refractivity contribution is 5.90. The highest BCUT2D eigenvalue weighted by Crippen LogP contribution is 2.38. The van der Waals surface area contributed by atoms with E-state index in [0.29, 0.717) is 28.2 Å². The van der Waals surface area contributed by atoms with Crippen molar-refractivity contribution in [2.45, 2.75) is 20.8 Å². The lowest BCUT2D eigenvalue weighted by molar-refractivity contribution is 0.252. The molecular weight excluding hydrogens is 446 g/mol. The molecule has 0 atom stereocenters. The third-order valence-electron chi connectivity index (χ3n) is 5.62. The first-order valence-corrected chi connectivity index (χ1v) is 10.8. The number of carbonyl (C=O) groups excluding carboxylic acids is 1. The van der Waals surface area contributed by atoms with Gasteiger partial charge in [0.05, 0.1) is 11.4 Å². The third-order valence-corrected chi connectivity index (χ3v) is 5.62. The molecule has 2 amide bonds. The van der Waals surface area contributed by atoms with Gasteiger partial charge < -0.3 is 10.4 Å². The minimum atomic E-state index is -0.567. The van der Waals surface area contributed by atoms with Crippen LogP contribution >= 0.6 is 0 Å². The van der Waals surface area contributed by atoms with Crippen LogP contribution in [0.5, 0.6) is 5.75 Å². The number of hydrazine groups is 1. The molecule has 1 heterocycles. The second-order valence-electron chi connectivity index (χ2n) is 8.05. The SMILES string of the molecule is Cc1ccc(-n2[nH]c(C)c(N=Nc3cccc(-c4cccc(NC(=O)NN)c4)c3O)c2=O)cc1C. The van der Waals surface area contributed by atoms with Crippen molar-refractivity contribution in [2.75, 3.05) is 5.32 Å². The number of carbonyl (C=O) groups is 1. The third kappa shape index (κ3) is 4.82. The van der Waals surface area contributed by atoms with Crippen molar-refractivity contribution in [1.29, 1.82) is 0 Å². The van der Waals surface area contributed by atoms with E-state index in [4.69, 9.17) is 5.84 Å². The smallest absolute Gasteiger partial charge is 0.333 e. The van der Waals surface area contributed by atoms with Crippen LogP contribution < -0.4 is 22.1 Å². The number of rotatable bonds is 5. The molecule has 0 radical (unpaired) electrons. The quantitative estimate of drug-likeness (QED) is 0.122. The maximum absolute atomic E-state index is 13.0. The molecule has 10 nitrogen and oxygen atoms in total. The Kier molecular flexibility index (Phi) is 6.47. The number of aromatic hydroxyl groups is 1. The molecular formula is C25H25N7O3. The van der Waals surface area contributed by atoms with Gasteiger partial charge in [-0.3, -0.25) is 15.3 Å². The zero-order valence-electron chi connectivity index (χ0n) is 19.5. The molecule has 3 aromatic carbocycles. The van der Waals surface area contributed by atoms with Gasteiger partial charge in [-0.15, -0.1) is 10.2 Å². The summed E-state index contributed by atoms with van der Waals surface area (Å²) >= 11 is 0. The van der Waals surface area contributed by atoms with Gasteiger partial charge in [0.15, 0.2) is 11.4 Å². The van der Waals surface area contributed by atoms with Crippen LogP contribution in [-0.2, 0) is 0 Å². The number of nitrogens with one attached hydrogen (secondary N) is 3. The van der Waals surface area contributed by atoms with Crippen molar-refractivity contribution < 1.29 is 9.90 Å². The Morgan fingerprint density at radius 1 is 1.00 bits per heavy atom. The van der Waals surface area contributed by atoms with Gasteiger partial charge in [0, 0.05) is 11.3 Å². The van der Waals surface area contributed by atoms with Crippen LogP contribution in [-0.4, -0.2) is 20.9 Å². The summed E-state index contributed by atoms with van der Waals surface area (Å²) in [4.78, 5) is 24.5. The van der Waals surface area contributed by atoms with Crippen molar-refractivity contribution in [3.63, 3.8) is 0 Å². The van der Waals surface area contributed by atoms with E-state index in [-0.39, 0.29) is 22.7 Å². The predicted molar refractivity (Wildman–Crippen MR) is 135 cm³/mol. The van der Waals surface area contributed by atoms with Crippen molar-refractivity contribution >= 4 is 23.1 Å². The Labute approximate surface area is 201 Å². The number of aryl methyl sites for hydroxylation is 3. The zero-order chi connectivity index (χ0) is 25.1. The number of H-pyrrole nitrogens is 1. The highest BCUT2D eigenvalue weighted by Gasteiger charge is 2.14. The molecule has 0 aliphatic heterocycles. The van der Waals surface area contributed by atoms with Crippen LogP contribution in [0.4, 0.5) is 21.9 Å². The Morgan fingerprint density at radius 2 is 1.77 bits per heavy atom. The Balaban J connectivity index is 1.66. The Bertz CT molecular complexity index is 1500. The molecule has 0 aliphatic rings. The van der Waals surface area contributed by atoms with Crippen molar-refractivity contribution in [3.8, 4) is 22.6 Å². The van der Waals surface area contributed by atoms with E-state index < -0.39 is 6.03 Å². The molecule has 0 spiro atoms. The van der Waals surface area contributed by atoms with Crippen molar-refractivity contribution in [3.05, 3.63) is 87.8 Å². The van der Waals surface area contributed by atoms with Gasteiger partial charge in [0.2, 0.25) is 0 Å². The molecule has 4 rings (SSSR count). The van der Waals surface area contributed by atoms with Crippen LogP contribution in [0.2, 0.25) is 0 Å². The summed E-state index contributed by atoms with van der Waals surface area (Å²) < 4.78 is 1.42. The maximum Gasteiger partial charge on any atom is 0.333 e. The number of anilines is 1. The van der Waals surface area contributed by atoms with Gasteiger partial charge in [0.25, 0.3) is 5.56 Å². The number of hydrogen-bond donors (Lipinski definition) is 5. The number of azo groups is 1. The number of para-hydroxylation sites is 1. The minimum absolute atomic E-state index is 0.112. The van der Waals surface area contributed by atoms with Crippen LogP contribution in [0.25, 0.3) is 16.8 Å². The van der Waals surface area contributed by atoms with E-state index >= 15 is 0 Å². The first-order valence-electron chi connectivity index (χ1n) is 10.8. The minimum Gasteiger partial charge on any atom is -0.505 e. The monoisotopic (exact) mass is 471 g/mol. The molecule has 0 bridgehead atoms. The Morgan fingerprint density at radius 3 is 2.51 bits per heavy atom. The molecule has 0 unspecified atom stereocenters. The van der Waals surface area contributed by atoms with E-state index in [2.05, 4.69) is 20.6 Å². The normalized spacial score (nSPS) is 11.1. The number of nitrogens with two attached hydrogens (primary N) is 1. The number of amides is 2. The standard InChI is InChI=1S/C25H25N7O3/c1-14-10-11-19(12-15(14)2)32-24(34)22(16(3)31-32)30-29-21-9-5-8-20(23(21)33)17-6-4-7-18(13-17)27-25(35)28-26/h4-13,31,33H,26H2,1-3H3,(H2,27,28,35). The molecule has 0 saturated carbocycles. The van der Waals surface area contributed by atoms with Gasteiger partial charge in [0.1, 0.15) is 5.69 Å². The summed E-state index contributed by atoms with van der Waals surface area (Å²) in [5.41, 5.74) is 7.04. The number of phenolic OH excluding ortho intramolecular Hbond substituents is 1. The van der Waals surface area contributed by atoms with E-state index in [1.54, 1.807) is 49.4 Å². The highest BCUT2D eigenvalue weighted by atomic mass is 16.3. The first-order chi connectivity index (χ1) is 16.8. The average Bonchev–Trinajstić information content (AvgIpc) is 3.13. The van der Waals surface area contributed by atoms with Gasteiger partial charge >= 0.3 is 6.03 Å². The number of hydrogen-bond acceptors (Lipinski definition) is 6. The topological polar surface area (TPSA) is 150 Å². The molecule has 35 heavy (non-hydrogen) atoms. The fourth-order valence-corrected chi connectivity index (χ4v) is 3.58. The molecule has 178 valence electrons. The number of urea groups is 1. The maximum atomic E-state index is 13.0. The molecule has 4 aromatic rings. The van der Waals surface area contributed by atoms with Crippen LogP contribution in [0.15, 0.2) is 75.7 Å². The first kappa shape index (κ1) is 23.5. The second kappa shape index (κ2) is 9.65. The van der Waals surface area contributed by atoms with Gasteiger partial charge in [-0.1, -0.05) is 30.3 Å². The van der Waals surface area contributed by atoms with E-state index in [9.17, 15) is 14.7 Å².